The summed E-state index contributed by atoms with van der Waals surface area (Å²) in [5.41, 5.74) is 2.88. The summed E-state index contributed by atoms with van der Waals surface area (Å²) >= 11 is 0. The minimum absolute atomic E-state index is 0.745. The molecule has 1 N–H and O–H groups in total. The Balaban J connectivity index is 1.63. The molecule has 20 heavy (non-hydrogen) atoms. The molecule has 0 heterocycles. The van der Waals surface area contributed by atoms with Crippen LogP contribution in [0.2, 0.25) is 0 Å². The highest BCUT2D eigenvalue weighted by Crippen LogP contribution is 2.25. The number of hydrogen-bond donors (Lipinski definition) is 1. The Hall–Kier alpha value is -0.820. The summed E-state index contributed by atoms with van der Waals surface area (Å²) in [6.07, 6.45) is 9.87. The van der Waals surface area contributed by atoms with Crippen LogP contribution in [0.25, 0.3) is 0 Å². The first-order chi connectivity index (χ1) is 9.74. The average molecular weight is 273 g/mol. The minimum atomic E-state index is 0.745. The van der Waals surface area contributed by atoms with Gasteiger partial charge >= 0.3 is 0 Å². The van der Waals surface area contributed by atoms with Crippen LogP contribution in [0.15, 0.2) is 24.3 Å². The normalized spacial score (nSPS) is 16.8. The van der Waals surface area contributed by atoms with E-state index in [2.05, 4.69) is 43.4 Å². The molecule has 0 saturated heterocycles. The van der Waals surface area contributed by atoms with Crippen LogP contribution in [0.5, 0.6) is 0 Å². The van der Waals surface area contributed by atoms with Gasteiger partial charge in [-0.1, -0.05) is 70.2 Å². The average Bonchev–Trinajstić information content (AvgIpc) is 2.46. The molecular formula is C19H31N. The van der Waals surface area contributed by atoms with E-state index >= 15 is 0 Å². The Morgan fingerprint density at radius 2 is 1.65 bits per heavy atom. The van der Waals surface area contributed by atoms with Gasteiger partial charge < -0.3 is 5.32 Å². The first kappa shape index (κ1) is 15.6. The largest absolute Gasteiger partial charge is 0.313 e. The SMILES string of the molecule is CC(C)Cc1ccc(CNCCC2CCCCC2)cc1. The molecule has 1 aromatic rings. The van der Waals surface area contributed by atoms with Crippen molar-refractivity contribution >= 4 is 0 Å². The molecule has 0 aliphatic heterocycles. The molecule has 112 valence electrons. The first-order valence-corrected chi connectivity index (χ1v) is 8.52. The van der Waals surface area contributed by atoms with E-state index in [1.165, 1.54) is 62.6 Å². The lowest BCUT2D eigenvalue weighted by atomic mass is 9.87. The molecule has 1 heteroatoms. The minimum Gasteiger partial charge on any atom is -0.313 e. The molecule has 1 fully saturated rings. The van der Waals surface area contributed by atoms with Crippen LogP contribution in [0.4, 0.5) is 0 Å². The van der Waals surface area contributed by atoms with Gasteiger partial charge in [0.05, 0.1) is 0 Å². The van der Waals surface area contributed by atoms with E-state index in [1.807, 2.05) is 0 Å². The Labute approximate surface area is 125 Å². The fourth-order valence-corrected chi connectivity index (χ4v) is 3.28. The van der Waals surface area contributed by atoms with Crippen molar-refractivity contribution in [1.82, 2.24) is 5.32 Å². The van der Waals surface area contributed by atoms with Crippen molar-refractivity contribution in [3.8, 4) is 0 Å². The van der Waals surface area contributed by atoms with Crippen molar-refractivity contribution in [2.75, 3.05) is 6.54 Å². The predicted molar refractivity (Wildman–Crippen MR) is 87.9 cm³/mol. The molecule has 0 amide bonds. The fraction of sp³-hybridized carbons (Fsp3) is 0.684. The Morgan fingerprint density at radius 1 is 1.00 bits per heavy atom. The summed E-state index contributed by atoms with van der Waals surface area (Å²) in [5.74, 6) is 1.74. The summed E-state index contributed by atoms with van der Waals surface area (Å²) in [7, 11) is 0. The number of nitrogens with one attached hydrogen (secondary N) is 1. The molecule has 0 atom stereocenters. The standard InChI is InChI=1S/C19H31N/c1-16(2)14-18-8-10-19(11-9-18)15-20-13-12-17-6-4-3-5-7-17/h8-11,16-17,20H,3-7,12-15H2,1-2H3. The van der Waals surface area contributed by atoms with Crippen LogP contribution in [0, 0.1) is 11.8 Å². The van der Waals surface area contributed by atoms with E-state index in [-0.39, 0.29) is 0 Å². The predicted octanol–water partition coefficient (Wildman–Crippen LogP) is 4.95. The van der Waals surface area contributed by atoms with E-state index in [4.69, 9.17) is 0 Å². The van der Waals surface area contributed by atoms with Crippen molar-refractivity contribution in [2.45, 2.75) is 65.3 Å². The highest BCUT2D eigenvalue weighted by Gasteiger charge is 2.12. The van der Waals surface area contributed by atoms with E-state index in [1.54, 1.807) is 0 Å². The zero-order valence-corrected chi connectivity index (χ0v) is 13.3. The van der Waals surface area contributed by atoms with Crippen molar-refractivity contribution < 1.29 is 0 Å². The lowest BCUT2D eigenvalue weighted by Gasteiger charge is -2.21. The molecule has 0 bridgehead atoms. The van der Waals surface area contributed by atoms with Crippen molar-refractivity contribution in [3.63, 3.8) is 0 Å². The third-order valence-electron chi connectivity index (χ3n) is 4.45. The number of benzene rings is 1. The van der Waals surface area contributed by atoms with Gasteiger partial charge in [-0.05, 0) is 42.3 Å². The Morgan fingerprint density at radius 3 is 2.30 bits per heavy atom. The highest BCUT2D eigenvalue weighted by atomic mass is 14.8. The van der Waals surface area contributed by atoms with Crippen molar-refractivity contribution in [2.24, 2.45) is 11.8 Å². The Bertz CT molecular complexity index is 360. The van der Waals surface area contributed by atoms with Crippen LogP contribution < -0.4 is 5.32 Å². The molecule has 1 aromatic carbocycles. The maximum absolute atomic E-state index is 3.61. The molecule has 1 aliphatic rings. The summed E-state index contributed by atoms with van der Waals surface area (Å²) < 4.78 is 0. The van der Waals surface area contributed by atoms with Gasteiger partial charge in [-0.25, -0.2) is 0 Å². The maximum Gasteiger partial charge on any atom is 0.0205 e. The van der Waals surface area contributed by atoms with E-state index in [9.17, 15) is 0 Å². The third kappa shape index (κ3) is 5.66. The van der Waals surface area contributed by atoms with Gasteiger partial charge in [0.2, 0.25) is 0 Å². The van der Waals surface area contributed by atoms with E-state index in [0.717, 1.165) is 18.4 Å². The molecule has 0 spiro atoms. The monoisotopic (exact) mass is 273 g/mol. The third-order valence-corrected chi connectivity index (χ3v) is 4.45. The summed E-state index contributed by atoms with van der Waals surface area (Å²) in [6.45, 7) is 6.76. The van der Waals surface area contributed by atoms with Crippen LogP contribution in [0.1, 0.15) is 63.5 Å². The number of hydrogen-bond acceptors (Lipinski definition) is 1. The zero-order chi connectivity index (χ0) is 14.2. The van der Waals surface area contributed by atoms with Crippen LogP contribution in [0.3, 0.4) is 0 Å². The summed E-state index contributed by atoms with van der Waals surface area (Å²) in [4.78, 5) is 0. The van der Waals surface area contributed by atoms with Crippen molar-refractivity contribution in [1.29, 1.82) is 0 Å². The second kappa shape index (κ2) is 8.46. The van der Waals surface area contributed by atoms with Gasteiger partial charge in [-0.15, -0.1) is 0 Å². The van der Waals surface area contributed by atoms with Gasteiger partial charge in [0.25, 0.3) is 0 Å². The smallest absolute Gasteiger partial charge is 0.0205 e. The lowest BCUT2D eigenvalue weighted by Crippen LogP contribution is -2.19. The van der Waals surface area contributed by atoms with Gasteiger partial charge in [-0.3, -0.25) is 0 Å². The van der Waals surface area contributed by atoms with Crippen molar-refractivity contribution in [3.05, 3.63) is 35.4 Å². The van der Waals surface area contributed by atoms with Gasteiger partial charge in [0.15, 0.2) is 0 Å². The molecule has 0 radical (unpaired) electrons. The lowest BCUT2D eigenvalue weighted by molar-refractivity contribution is 0.334. The van der Waals surface area contributed by atoms with E-state index < -0.39 is 0 Å². The molecule has 1 saturated carbocycles. The molecule has 2 rings (SSSR count). The van der Waals surface area contributed by atoms with Crippen LogP contribution in [-0.4, -0.2) is 6.54 Å². The number of rotatable bonds is 7. The fourth-order valence-electron chi connectivity index (χ4n) is 3.28. The molecule has 1 aliphatic carbocycles. The second-order valence-electron chi connectivity index (χ2n) is 6.88. The summed E-state index contributed by atoms with van der Waals surface area (Å²) in [5, 5.41) is 3.61. The summed E-state index contributed by atoms with van der Waals surface area (Å²) in [6, 6.07) is 9.15. The highest BCUT2D eigenvalue weighted by molar-refractivity contribution is 5.22. The van der Waals surface area contributed by atoms with E-state index in [0.29, 0.717) is 0 Å². The molecule has 1 nitrogen and oxygen atoms in total. The first-order valence-electron chi connectivity index (χ1n) is 8.52. The van der Waals surface area contributed by atoms with Crippen LogP contribution in [-0.2, 0) is 13.0 Å². The second-order valence-corrected chi connectivity index (χ2v) is 6.88. The Kier molecular flexibility index (Phi) is 6.59. The quantitative estimate of drug-likeness (QED) is 0.693. The van der Waals surface area contributed by atoms with Crippen LogP contribution >= 0.6 is 0 Å². The maximum atomic E-state index is 3.61. The van der Waals surface area contributed by atoms with Gasteiger partial charge in [0, 0.05) is 6.54 Å². The van der Waals surface area contributed by atoms with Gasteiger partial charge in [-0.2, -0.15) is 0 Å². The molecule has 0 aromatic heterocycles. The molecule has 0 unspecified atom stereocenters. The van der Waals surface area contributed by atoms with Gasteiger partial charge in [0.1, 0.15) is 0 Å². The molecular weight excluding hydrogens is 242 g/mol. The zero-order valence-electron chi connectivity index (χ0n) is 13.3. The topological polar surface area (TPSA) is 12.0 Å².